The lowest BCUT2D eigenvalue weighted by Gasteiger charge is -2.13. The van der Waals surface area contributed by atoms with E-state index in [2.05, 4.69) is 21.7 Å². The number of fused-ring (bicyclic) bond motifs is 1. The Morgan fingerprint density at radius 1 is 1.22 bits per heavy atom. The molecule has 1 aromatic carbocycles. The molecule has 1 N–H and O–H groups in total. The van der Waals surface area contributed by atoms with Crippen LogP contribution < -0.4 is 9.47 Å². The van der Waals surface area contributed by atoms with Gasteiger partial charge in [-0.15, -0.1) is 0 Å². The van der Waals surface area contributed by atoms with Crippen molar-refractivity contribution in [2.45, 2.75) is 19.5 Å². The van der Waals surface area contributed by atoms with Crippen LogP contribution >= 0.6 is 0 Å². The van der Waals surface area contributed by atoms with E-state index in [1.165, 1.54) is 19.3 Å². The number of methoxy groups -OCH3 is 1. The smallest absolute Gasteiger partial charge is 0.433 e. The van der Waals surface area contributed by atoms with Gasteiger partial charge in [0.05, 0.1) is 7.11 Å². The summed E-state index contributed by atoms with van der Waals surface area (Å²) in [6.07, 6.45) is 1.20. The molecule has 168 valence electrons. The summed E-state index contributed by atoms with van der Waals surface area (Å²) >= 11 is 0. The summed E-state index contributed by atoms with van der Waals surface area (Å²) in [5.41, 5.74) is 1.35. The van der Waals surface area contributed by atoms with Crippen LogP contribution in [-0.2, 0) is 6.42 Å². The number of rotatable bonds is 8. The molecule has 0 bridgehead atoms. The van der Waals surface area contributed by atoms with Crippen molar-refractivity contribution in [2.24, 2.45) is 4.99 Å². The van der Waals surface area contributed by atoms with Gasteiger partial charge in [0.2, 0.25) is 0 Å². The molecule has 0 radical (unpaired) electrons. The molecule has 3 aromatic rings. The van der Waals surface area contributed by atoms with E-state index in [9.17, 15) is 17.6 Å². The van der Waals surface area contributed by atoms with Crippen LogP contribution in [0.15, 0.2) is 65.1 Å². The fraction of sp³-hybridized carbons (Fsp3) is 0.217. The Kier molecular flexibility index (Phi) is 6.97. The molecule has 0 aliphatic carbocycles. The van der Waals surface area contributed by atoms with Gasteiger partial charge in [-0.1, -0.05) is 6.08 Å². The van der Waals surface area contributed by atoms with Gasteiger partial charge in [0, 0.05) is 30.3 Å². The molecule has 0 aliphatic rings. The normalized spacial score (nSPS) is 12.8. The molecular formula is C23H21F4N3O2. The standard InChI is InChI=1S/C23H21F4N3O2/c1-14(6-7-21(28-2)23(25,26)27)13-32-20-11-18(24)15(10-19(20)31-3)9-16-12-30-22-17(16)5-4-8-29-22/h4-8,10-12H,2,9,13H2,1,3H3,(H,29,30)/b14-6+,21-7-. The number of aliphatic imine (C=N–C) groups is 1. The van der Waals surface area contributed by atoms with Crippen molar-refractivity contribution in [3.8, 4) is 11.5 Å². The fourth-order valence-electron chi connectivity index (χ4n) is 3.05. The number of allylic oxidation sites excluding steroid dienone is 3. The van der Waals surface area contributed by atoms with E-state index in [4.69, 9.17) is 9.47 Å². The summed E-state index contributed by atoms with van der Waals surface area (Å²) < 4.78 is 63.8. The van der Waals surface area contributed by atoms with Crippen LogP contribution in [0.25, 0.3) is 11.0 Å². The van der Waals surface area contributed by atoms with Gasteiger partial charge in [0.1, 0.15) is 23.8 Å². The molecule has 5 nitrogen and oxygen atoms in total. The van der Waals surface area contributed by atoms with Crippen LogP contribution in [0, 0.1) is 5.82 Å². The largest absolute Gasteiger partial charge is 0.493 e. The van der Waals surface area contributed by atoms with Gasteiger partial charge in [-0.3, -0.25) is 4.99 Å². The van der Waals surface area contributed by atoms with Gasteiger partial charge in [-0.2, -0.15) is 13.2 Å². The zero-order chi connectivity index (χ0) is 23.3. The summed E-state index contributed by atoms with van der Waals surface area (Å²) in [6, 6.07) is 6.46. The second-order valence-corrected chi connectivity index (χ2v) is 6.99. The highest BCUT2D eigenvalue weighted by molar-refractivity contribution is 5.79. The van der Waals surface area contributed by atoms with E-state index in [1.807, 2.05) is 6.07 Å². The van der Waals surface area contributed by atoms with Crippen molar-refractivity contribution in [1.82, 2.24) is 9.97 Å². The first-order chi connectivity index (χ1) is 15.2. The van der Waals surface area contributed by atoms with E-state index >= 15 is 0 Å². The number of benzene rings is 1. The van der Waals surface area contributed by atoms with E-state index in [1.54, 1.807) is 31.5 Å². The van der Waals surface area contributed by atoms with Crippen LogP contribution in [0.2, 0.25) is 0 Å². The third-order valence-corrected chi connectivity index (χ3v) is 4.69. The monoisotopic (exact) mass is 447 g/mol. The highest BCUT2D eigenvalue weighted by Gasteiger charge is 2.32. The quantitative estimate of drug-likeness (QED) is 0.271. The lowest BCUT2D eigenvalue weighted by atomic mass is 10.0. The Balaban J connectivity index is 1.77. The van der Waals surface area contributed by atoms with Crippen molar-refractivity contribution in [3.63, 3.8) is 0 Å². The van der Waals surface area contributed by atoms with Crippen molar-refractivity contribution in [1.29, 1.82) is 0 Å². The molecule has 0 amide bonds. The Labute approximate surface area is 182 Å². The summed E-state index contributed by atoms with van der Waals surface area (Å²) in [5, 5.41) is 0.896. The SMILES string of the molecule is C=N/C(=C\C=C(/C)COc1cc(F)c(Cc2c[nH]c3ncccc23)cc1OC)C(F)(F)F. The fourth-order valence-corrected chi connectivity index (χ4v) is 3.05. The van der Waals surface area contributed by atoms with E-state index in [0.717, 1.165) is 17.0 Å². The zero-order valence-corrected chi connectivity index (χ0v) is 17.5. The number of aromatic nitrogens is 2. The first kappa shape index (κ1) is 23.1. The number of halogens is 4. The van der Waals surface area contributed by atoms with Crippen LogP contribution in [0.5, 0.6) is 11.5 Å². The second-order valence-electron chi connectivity index (χ2n) is 6.99. The molecule has 2 heterocycles. The highest BCUT2D eigenvalue weighted by atomic mass is 19.4. The number of pyridine rings is 1. The molecule has 3 rings (SSSR count). The number of nitrogens with one attached hydrogen (secondary N) is 1. The number of nitrogens with zero attached hydrogens (tertiary/aromatic N) is 2. The molecule has 0 unspecified atom stereocenters. The summed E-state index contributed by atoms with van der Waals surface area (Å²) in [5.74, 6) is -0.0359. The topological polar surface area (TPSA) is 59.5 Å². The number of H-pyrrole nitrogens is 1. The van der Waals surface area contributed by atoms with Crippen LogP contribution in [0.1, 0.15) is 18.1 Å². The summed E-state index contributed by atoms with van der Waals surface area (Å²) in [7, 11) is 1.43. The molecule has 0 saturated carbocycles. The number of aromatic amines is 1. The Hall–Kier alpha value is -3.62. The van der Waals surface area contributed by atoms with Gasteiger partial charge in [-0.25, -0.2) is 9.37 Å². The first-order valence-corrected chi connectivity index (χ1v) is 9.54. The average molecular weight is 447 g/mol. The number of ether oxygens (including phenoxy) is 2. The van der Waals surface area contributed by atoms with Crippen molar-refractivity contribution in [2.75, 3.05) is 13.7 Å². The van der Waals surface area contributed by atoms with Crippen molar-refractivity contribution >= 4 is 17.8 Å². The van der Waals surface area contributed by atoms with Crippen LogP contribution in [-0.4, -0.2) is 36.6 Å². The van der Waals surface area contributed by atoms with Gasteiger partial charge in [0.25, 0.3) is 0 Å². The molecule has 0 fully saturated rings. The van der Waals surface area contributed by atoms with Crippen molar-refractivity contribution < 1.29 is 27.0 Å². The number of hydrogen-bond donors (Lipinski definition) is 1. The van der Waals surface area contributed by atoms with Crippen molar-refractivity contribution in [3.05, 3.63) is 77.0 Å². The molecule has 32 heavy (non-hydrogen) atoms. The maximum Gasteiger partial charge on any atom is 0.433 e. The van der Waals surface area contributed by atoms with Gasteiger partial charge in [-0.05, 0) is 54.6 Å². The third kappa shape index (κ3) is 5.35. The lowest BCUT2D eigenvalue weighted by molar-refractivity contribution is -0.0922. The minimum Gasteiger partial charge on any atom is -0.493 e. The Morgan fingerprint density at radius 2 is 2.00 bits per heavy atom. The predicted octanol–water partition coefficient (Wildman–Crippen LogP) is 5.77. The molecule has 0 spiro atoms. The minimum atomic E-state index is -4.59. The first-order valence-electron chi connectivity index (χ1n) is 9.54. The predicted molar refractivity (Wildman–Crippen MR) is 115 cm³/mol. The van der Waals surface area contributed by atoms with Crippen LogP contribution in [0.4, 0.5) is 17.6 Å². The van der Waals surface area contributed by atoms with Crippen LogP contribution in [0.3, 0.4) is 0 Å². The third-order valence-electron chi connectivity index (χ3n) is 4.69. The van der Waals surface area contributed by atoms with E-state index < -0.39 is 17.7 Å². The second kappa shape index (κ2) is 9.67. The Bertz CT molecular complexity index is 1180. The Morgan fingerprint density at radius 3 is 2.69 bits per heavy atom. The van der Waals surface area contributed by atoms with Gasteiger partial charge >= 0.3 is 6.18 Å². The molecular weight excluding hydrogens is 426 g/mol. The van der Waals surface area contributed by atoms with Gasteiger partial charge in [0.15, 0.2) is 11.5 Å². The maximum atomic E-state index is 14.8. The summed E-state index contributed by atoms with van der Waals surface area (Å²) in [6.45, 7) is 4.43. The molecule has 0 atom stereocenters. The maximum absolute atomic E-state index is 14.8. The minimum absolute atomic E-state index is 0.0674. The lowest BCUT2D eigenvalue weighted by Crippen LogP contribution is -2.09. The number of alkyl halides is 3. The zero-order valence-electron chi connectivity index (χ0n) is 17.5. The molecule has 9 heteroatoms. The average Bonchev–Trinajstić information content (AvgIpc) is 3.16. The van der Waals surface area contributed by atoms with Gasteiger partial charge < -0.3 is 14.5 Å². The molecule has 0 saturated heterocycles. The molecule has 2 aromatic heterocycles. The highest BCUT2D eigenvalue weighted by Crippen LogP contribution is 2.32. The van der Waals surface area contributed by atoms with E-state index in [0.29, 0.717) is 29.0 Å². The number of hydrogen-bond acceptors (Lipinski definition) is 4. The molecule has 0 aliphatic heterocycles. The summed E-state index contributed by atoms with van der Waals surface area (Å²) in [4.78, 5) is 10.2. The van der Waals surface area contributed by atoms with E-state index in [-0.39, 0.29) is 12.4 Å².